The number of nitrogens with one attached hydrogen (secondary N) is 2. The van der Waals surface area contributed by atoms with E-state index < -0.39 is 60.5 Å². The SMILES string of the molecule is CC(C)[NH-].CC(C)[NH-].O=C(O)C(Cl)(CCCOC1O[C@H](CO)[C@@H](O)[C@H](O)[C@H]1O)C(=O)O.[Pt+2]. The van der Waals surface area contributed by atoms with E-state index in [0.29, 0.717) is 0 Å². The van der Waals surface area contributed by atoms with Gasteiger partial charge < -0.3 is 51.6 Å². The molecule has 8 N–H and O–H groups in total. The first-order valence-corrected chi connectivity index (χ1v) is 9.99. The number of rotatable bonds is 8. The van der Waals surface area contributed by atoms with E-state index in [9.17, 15) is 24.9 Å². The molecule has 1 unspecified atom stereocenters. The number of aliphatic hydroxyl groups is 4. The summed E-state index contributed by atoms with van der Waals surface area (Å²) in [6.45, 7) is 6.49. The Morgan fingerprint density at radius 2 is 1.41 bits per heavy atom. The molecule has 5 atom stereocenters. The molecule has 1 heterocycles. The Bertz CT molecular complexity index is 502. The summed E-state index contributed by atoms with van der Waals surface area (Å²) in [4.78, 5) is 19.2. The van der Waals surface area contributed by atoms with Gasteiger partial charge in [-0.2, -0.15) is 0 Å². The first-order chi connectivity index (χ1) is 14.1. The molecule has 14 heteroatoms. The Morgan fingerprint density at radius 1 is 1.00 bits per heavy atom. The van der Waals surface area contributed by atoms with Crippen molar-refractivity contribution in [2.75, 3.05) is 13.2 Å². The van der Waals surface area contributed by atoms with Crippen LogP contribution in [-0.2, 0) is 40.1 Å². The van der Waals surface area contributed by atoms with E-state index in [-0.39, 0.29) is 46.2 Å². The third-order valence-electron chi connectivity index (χ3n) is 3.47. The van der Waals surface area contributed by atoms with Crippen LogP contribution in [0.2, 0.25) is 0 Å². The molecule has 1 saturated heterocycles. The summed E-state index contributed by atoms with van der Waals surface area (Å²) < 4.78 is 10.2. The topological polar surface area (TPSA) is 222 Å². The second-order valence-corrected chi connectivity index (χ2v) is 8.04. The molecule has 0 aliphatic carbocycles. The van der Waals surface area contributed by atoms with Crippen LogP contribution in [0.5, 0.6) is 0 Å². The van der Waals surface area contributed by atoms with E-state index >= 15 is 0 Å². The van der Waals surface area contributed by atoms with E-state index in [1.165, 1.54) is 0 Å². The molecule has 0 aromatic carbocycles. The summed E-state index contributed by atoms with van der Waals surface area (Å²) in [5, 5.41) is 55.5. The van der Waals surface area contributed by atoms with Crippen molar-refractivity contribution in [1.82, 2.24) is 0 Å². The zero-order valence-electron chi connectivity index (χ0n) is 18.4. The first-order valence-electron chi connectivity index (χ1n) is 9.61. The molecule has 1 aliphatic rings. The smallest absolute Gasteiger partial charge is 0.675 e. The molecule has 0 radical (unpaired) electrons. The molecular formula is C18H35ClN2O10Pt. The number of halogens is 1. The number of carboxylic acids is 2. The number of hydrogen-bond donors (Lipinski definition) is 6. The molecule has 32 heavy (non-hydrogen) atoms. The zero-order chi connectivity index (χ0) is 24.9. The summed E-state index contributed by atoms with van der Waals surface area (Å²) in [6.07, 6.45) is -7.75. The Hall–Kier alpha value is -0.402. The molecular weight excluding hydrogens is 635 g/mol. The van der Waals surface area contributed by atoms with Gasteiger partial charge in [-0.05, 0) is 12.8 Å². The largest absolute Gasteiger partial charge is 2.00 e. The predicted molar refractivity (Wildman–Crippen MR) is 112 cm³/mol. The second kappa shape index (κ2) is 18.0. The fourth-order valence-corrected chi connectivity index (χ4v) is 2.16. The average Bonchev–Trinajstić information content (AvgIpc) is 2.63. The van der Waals surface area contributed by atoms with Gasteiger partial charge in [-0.1, -0.05) is 39.3 Å². The van der Waals surface area contributed by atoms with Crippen LogP contribution in [-0.4, -0.2) is 103 Å². The number of ether oxygens (including phenoxy) is 2. The van der Waals surface area contributed by atoms with Crippen LogP contribution in [0.1, 0.15) is 40.5 Å². The molecule has 12 nitrogen and oxygen atoms in total. The summed E-state index contributed by atoms with van der Waals surface area (Å²) in [7, 11) is 0. The normalized spacial score (nSPS) is 25.1. The third kappa shape index (κ3) is 14.0. The maximum atomic E-state index is 10.9. The number of alkyl halides is 1. The molecule has 1 fully saturated rings. The number of aliphatic hydroxyl groups excluding tert-OH is 4. The molecule has 194 valence electrons. The molecule has 0 aromatic heterocycles. The van der Waals surface area contributed by atoms with Crippen molar-refractivity contribution in [2.45, 2.75) is 88.2 Å². The van der Waals surface area contributed by atoms with Gasteiger partial charge in [0.15, 0.2) is 6.29 Å². The van der Waals surface area contributed by atoms with Gasteiger partial charge in [-0.3, -0.25) is 0 Å². The van der Waals surface area contributed by atoms with Gasteiger partial charge in [-0.25, -0.2) is 9.59 Å². The monoisotopic (exact) mass is 669 g/mol. The van der Waals surface area contributed by atoms with Crippen molar-refractivity contribution in [3.63, 3.8) is 0 Å². The fraction of sp³-hybridized carbons (Fsp3) is 0.889. The van der Waals surface area contributed by atoms with Gasteiger partial charge in [0.05, 0.1) is 6.61 Å². The van der Waals surface area contributed by atoms with Crippen LogP contribution in [0, 0.1) is 0 Å². The Balaban J connectivity index is -0.000000803. The van der Waals surface area contributed by atoms with Crippen LogP contribution in [0.4, 0.5) is 0 Å². The van der Waals surface area contributed by atoms with E-state index in [4.69, 9.17) is 47.9 Å². The van der Waals surface area contributed by atoms with E-state index in [0.717, 1.165) is 0 Å². The standard InChI is InChI=1S/C12H19ClO10.2C3H8N.Pt/c13-12(10(18)19,11(20)21)2-1-3-22-9-8(17)7(16)6(15)5(4-14)23-9;2*1-3(2)4;/h5-9,14-17H,1-4H2,(H,18,19)(H,20,21);2*3-4H,1-2H3;/q;2*-1;+2/t5-,6-,7+,8-,9?;;;/m1.../s1. The van der Waals surface area contributed by atoms with Gasteiger partial charge in [-0.15, -0.1) is 12.1 Å². The Kier molecular flexibility index (Phi) is 20.3. The first kappa shape index (κ1) is 36.2. The second-order valence-electron chi connectivity index (χ2n) is 7.39. The van der Waals surface area contributed by atoms with Crippen molar-refractivity contribution in [1.29, 1.82) is 0 Å². The van der Waals surface area contributed by atoms with Crippen molar-refractivity contribution >= 4 is 23.5 Å². The predicted octanol–water partition coefficient (Wildman–Crippen LogP) is 0.621. The maximum Gasteiger partial charge on any atom is 2.00 e. The number of carbonyl (C=O) groups is 2. The van der Waals surface area contributed by atoms with Gasteiger partial charge >= 0.3 is 33.0 Å². The number of hydrogen-bond acceptors (Lipinski definition) is 8. The van der Waals surface area contributed by atoms with E-state index in [1.54, 1.807) is 0 Å². The summed E-state index contributed by atoms with van der Waals surface area (Å²) in [5.41, 5.74) is 13.2. The quantitative estimate of drug-likeness (QED) is 0.120. The van der Waals surface area contributed by atoms with Crippen LogP contribution in [0.25, 0.3) is 11.5 Å². The Labute approximate surface area is 207 Å². The van der Waals surface area contributed by atoms with Gasteiger partial charge in [0, 0.05) is 6.61 Å². The summed E-state index contributed by atoms with van der Waals surface area (Å²) >= 11 is 5.51. The molecule has 1 rings (SSSR count). The molecule has 0 bridgehead atoms. The minimum absolute atomic E-state index is 0. The van der Waals surface area contributed by atoms with Crippen molar-refractivity contribution in [2.24, 2.45) is 0 Å². The number of carboxylic acid groups (broad SMARTS) is 2. The van der Waals surface area contributed by atoms with E-state index in [2.05, 4.69) is 0 Å². The molecule has 0 aromatic rings. The molecule has 0 amide bonds. The zero-order valence-corrected chi connectivity index (χ0v) is 21.4. The van der Waals surface area contributed by atoms with Gasteiger partial charge in [0.2, 0.25) is 4.87 Å². The molecule has 0 spiro atoms. The van der Waals surface area contributed by atoms with Crippen molar-refractivity contribution in [3.8, 4) is 0 Å². The minimum Gasteiger partial charge on any atom is -0.675 e. The molecule has 1 aliphatic heterocycles. The van der Waals surface area contributed by atoms with E-state index in [1.807, 2.05) is 27.7 Å². The average molecular weight is 670 g/mol. The summed E-state index contributed by atoms with van der Waals surface area (Å²) in [5.74, 6) is -3.42. The maximum absolute atomic E-state index is 10.9. The molecule has 0 saturated carbocycles. The minimum atomic E-state index is -2.49. The number of aliphatic carboxylic acids is 2. The van der Waals surface area contributed by atoms with Crippen LogP contribution in [0.15, 0.2) is 0 Å². The third-order valence-corrected chi connectivity index (χ3v) is 3.99. The van der Waals surface area contributed by atoms with Gasteiger partial charge in [0.1, 0.15) is 24.4 Å². The van der Waals surface area contributed by atoms with Crippen molar-refractivity contribution in [3.05, 3.63) is 11.5 Å². The van der Waals surface area contributed by atoms with Crippen LogP contribution >= 0.6 is 11.6 Å². The fourth-order valence-electron chi connectivity index (χ4n) is 2.03. The van der Waals surface area contributed by atoms with Gasteiger partial charge in [0.25, 0.3) is 0 Å². The summed E-state index contributed by atoms with van der Waals surface area (Å²) in [6, 6.07) is 0.167. The Morgan fingerprint density at radius 3 is 1.75 bits per heavy atom. The van der Waals surface area contributed by atoms with Crippen LogP contribution in [0.3, 0.4) is 0 Å². The van der Waals surface area contributed by atoms with Crippen LogP contribution < -0.4 is 0 Å². The van der Waals surface area contributed by atoms with Crippen molar-refractivity contribution < 1.29 is 70.8 Å².